The molecule has 9 heteroatoms. The Morgan fingerprint density at radius 2 is 1.88 bits per heavy atom. The number of ether oxygens (including phenoxy) is 1. The minimum Gasteiger partial charge on any atom is -0.491 e. The van der Waals surface area contributed by atoms with Crippen LogP contribution in [0.4, 0.5) is 5.69 Å². The Morgan fingerprint density at radius 3 is 2.52 bits per heavy atom. The Kier molecular flexibility index (Phi) is 11.2. The second kappa shape index (κ2) is 13.9. The van der Waals surface area contributed by atoms with Crippen LogP contribution in [0.25, 0.3) is 0 Å². The van der Waals surface area contributed by atoms with Crippen molar-refractivity contribution in [3.63, 3.8) is 0 Å². The van der Waals surface area contributed by atoms with E-state index < -0.39 is 0 Å². The van der Waals surface area contributed by atoms with Crippen molar-refractivity contribution in [3.05, 3.63) is 60.1 Å². The summed E-state index contributed by atoms with van der Waals surface area (Å²) >= 11 is 0. The van der Waals surface area contributed by atoms with E-state index in [1.165, 1.54) is 0 Å². The molecule has 0 saturated carbocycles. The summed E-state index contributed by atoms with van der Waals surface area (Å²) in [5.41, 5.74) is 0.934. The van der Waals surface area contributed by atoms with E-state index in [1.807, 2.05) is 64.1 Å². The number of nitrogens with zero attached hydrogens (tertiary/aromatic N) is 3. The van der Waals surface area contributed by atoms with Crippen molar-refractivity contribution in [2.24, 2.45) is 4.99 Å². The lowest BCUT2D eigenvalue weighted by atomic mass is 10.2. The van der Waals surface area contributed by atoms with Crippen LogP contribution in [0.15, 0.2) is 56.6 Å². The zero-order valence-corrected chi connectivity index (χ0v) is 22.0. The molecule has 3 aromatic rings. The Morgan fingerprint density at radius 1 is 1.09 bits per heavy atom. The van der Waals surface area contributed by atoms with Crippen molar-refractivity contribution in [1.29, 1.82) is 0 Å². The maximum atomic E-state index is 5.71. The van der Waals surface area contributed by atoms with E-state index in [1.54, 1.807) is 6.26 Å². The number of rotatable bonds is 11. The molecule has 0 bridgehead atoms. The molecule has 0 radical (unpaired) electrons. The smallest absolute Gasteiger partial charge is 0.226 e. The van der Waals surface area contributed by atoms with Crippen molar-refractivity contribution in [2.75, 3.05) is 18.4 Å². The number of aryl methyl sites for hydroxylation is 1. The predicted octanol–water partition coefficient (Wildman–Crippen LogP) is 5.42. The predicted molar refractivity (Wildman–Crippen MR) is 141 cm³/mol. The highest BCUT2D eigenvalue weighted by atomic mass is 127. The molecule has 0 spiro atoms. The van der Waals surface area contributed by atoms with E-state index in [2.05, 4.69) is 20.8 Å². The van der Waals surface area contributed by atoms with Crippen molar-refractivity contribution >= 4 is 35.6 Å². The lowest BCUT2D eigenvalue weighted by molar-refractivity contribution is 0.242. The molecule has 0 aliphatic heterocycles. The number of hydrogen-bond donors (Lipinski definition) is 2. The number of anilines is 1. The van der Waals surface area contributed by atoms with Crippen LogP contribution in [0.5, 0.6) is 5.75 Å². The molecule has 2 N–H and O–H groups in total. The van der Waals surface area contributed by atoms with Crippen molar-refractivity contribution < 1.29 is 13.7 Å². The normalized spacial score (nSPS) is 11.5. The summed E-state index contributed by atoms with van der Waals surface area (Å²) in [6, 6.07) is 11.7. The SMILES string of the molecule is CC(C)Oc1ccc(NC(=NCCCc2nc(C(C)C)no2)NCCc2ccco2)cc1.I. The van der Waals surface area contributed by atoms with Gasteiger partial charge in [-0.3, -0.25) is 4.99 Å². The van der Waals surface area contributed by atoms with Crippen LogP contribution in [0, 0.1) is 0 Å². The lowest BCUT2D eigenvalue weighted by Crippen LogP contribution is -2.32. The van der Waals surface area contributed by atoms with Gasteiger partial charge in [0.05, 0.1) is 12.4 Å². The number of nitrogens with one attached hydrogen (secondary N) is 2. The molecule has 180 valence electrons. The first-order valence-corrected chi connectivity index (χ1v) is 11.2. The van der Waals surface area contributed by atoms with Gasteiger partial charge >= 0.3 is 0 Å². The highest BCUT2D eigenvalue weighted by Gasteiger charge is 2.09. The molecule has 0 saturated heterocycles. The fourth-order valence-electron chi connectivity index (χ4n) is 2.95. The van der Waals surface area contributed by atoms with Gasteiger partial charge < -0.3 is 24.3 Å². The standard InChI is InChI=1S/C24H33N5O3.HI/c1-17(2)23-28-22(32-29-23)8-5-14-25-24(26-15-13-20-7-6-16-30-20)27-19-9-11-21(12-10-19)31-18(3)4;/h6-7,9-12,16-18H,5,8,13-15H2,1-4H3,(H2,25,26,27);1H. The van der Waals surface area contributed by atoms with Gasteiger partial charge in [0.1, 0.15) is 11.5 Å². The molecule has 1 aromatic carbocycles. The minimum absolute atomic E-state index is 0. The van der Waals surface area contributed by atoms with Gasteiger partial charge in [0.15, 0.2) is 11.8 Å². The number of hydrogen-bond acceptors (Lipinski definition) is 6. The van der Waals surface area contributed by atoms with E-state index in [4.69, 9.17) is 18.7 Å². The van der Waals surface area contributed by atoms with E-state index in [0.717, 1.165) is 35.9 Å². The molecule has 33 heavy (non-hydrogen) atoms. The average Bonchev–Trinajstić information content (AvgIpc) is 3.44. The lowest BCUT2D eigenvalue weighted by Gasteiger charge is -2.14. The van der Waals surface area contributed by atoms with Crippen molar-refractivity contribution in [3.8, 4) is 5.75 Å². The highest BCUT2D eigenvalue weighted by Crippen LogP contribution is 2.17. The Bertz CT molecular complexity index is 953. The van der Waals surface area contributed by atoms with Gasteiger partial charge in [-0.1, -0.05) is 19.0 Å². The second-order valence-corrected chi connectivity index (χ2v) is 8.11. The third-order valence-corrected chi connectivity index (χ3v) is 4.55. The summed E-state index contributed by atoms with van der Waals surface area (Å²) in [6.07, 6.45) is 4.11. The maximum absolute atomic E-state index is 5.71. The number of benzene rings is 1. The zero-order chi connectivity index (χ0) is 22.8. The first-order valence-electron chi connectivity index (χ1n) is 11.2. The van der Waals surface area contributed by atoms with E-state index in [9.17, 15) is 0 Å². The summed E-state index contributed by atoms with van der Waals surface area (Å²) in [6.45, 7) is 9.45. The maximum Gasteiger partial charge on any atom is 0.226 e. The minimum atomic E-state index is 0. The van der Waals surface area contributed by atoms with Crippen LogP contribution in [0.2, 0.25) is 0 Å². The van der Waals surface area contributed by atoms with Crippen LogP contribution in [0.3, 0.4) is 0 Å². The second-order valence-electron chi connectivity index (χ2n) is 8.11. The van der Waals surface area contributed by atoms with Crippen LogP contribution < -0.4 is 15.4 Å². The van der Waals surface area contributed by atoms with Crippen molar-refractivity contribution in [1.82, 2.24) is 15.5 Å². The van der Waals surface area contributed by atoms with Gasteiger partial charge in [-0.15, -0.1) is 24.0 Å². The molecule has 0 atom stereocenters. The fourth-order valence-corrected chi connectivity index (χ4v) is 2.95. The third kappa shape index (κ3) is 9.45. The number of furan rings is 1. The molecule has 0 amide bonds. The summed E-state index contributed by atoms with van der Waals surface area (Å²) in [4.78, 5) is 9.13. The molecule has 0 aliphatic carbocycles. The summed E-state index contributed by atoms with van der Waals surface area (Å²) in [5.74, 6) is 4.15. The van der Waals surface area contributed by atoms with Gasteiger partial charge in [0, 0.05) is 37.5 Å². The summed E-state index contributed by atoms with van der Waals surface area (Å²) in [5, 5.41) is 10.7. The Hall–Kier alpha value is -2.56. The van der Waals surface area contributed by atoms with Gasteiger partial charge in [-0.05, 0) is 56.7 Å². The van der Waals surface area contributed by atoms with E-state index >= 15 is 0 Å². The Labute approximate surface area is 212 Å². The molecular formula is C24H34IN5O3. The van der Waals surface area contributed by atoms with Gasteiger partial charge in [-0.2, -0.15) is 4.98 Å². The van der Waals surface area contributed by atoms with Gasteiger partial charge in [0.25, 0.3) is 0 Å². The molecule has 0 unspecified atom stereocenters. The molecule has 8 nitrogen and oxygen atoms in total. The zero-order valence-electron chi connectivity index (χ0n) is 19.7. The average molecular weight is 567 g/mol. The van der Waals surface area contributed by atoms with Gasteiger partial charge in [0.2, 0.25) is 5.89 Å². The topological polar surface area (TPSA) is 97.7 Å². The molecule has 0 aliphatic rings. The quantitative estimate of drug-likeness (QED) is 0.138. The van der Waals surface area contributed by atoms with Crippen LogP contribution in [-0.4, -0.2) is 35.3 Å². The summed E-state index contributed by atoms with van der Waals surface area (Å²) in [7, 11) is 0. The van der Waals surface area contributed by atoms with Crippen LogP contribution in [-0.2, 0) is 12.8 Å². The number of halogens is 1. The Balaban J connectivity index is 0.00000385. The third-order valence-electron chi connectivity index (χ3n) is 4.55. The van der Waals surface area contributed by atoms with E-state index in [-0.39, 0.29) is 36.0 Å². The largest absolute Gasteiger partial charge is 0.491 e. The number of aliphatic imine (C=N–C) groups is 1. The number of guanidine groups is 1. The fraction of sp³-hybridized carbons (Fsp3) is 0.458. The van der Waals surface area contributed by atoms with Crippen molar-refractivity contribution in [2.45, 2.75) is 59.0 Å². The van der Waals surface area contributed by atoms with Crippen LogP contribution in [0.1, 0.15) is 57.5 Å². The van der Waals surface area contributed by atoms with Gasteiger partial charge in [-0.25, -0.2) is 0 Å². The molecule has 2 heterocycles. The molecule has 3 rings (SSSR count). The summed E-state index contributed by atoms with van der Waals surface area (Å²) < 4.78 is 16.4. The van der Waals surface area contributed by atoms with Crippen LogP contribution >= 0.6 is 24.0 Å². The first-order chi connectivity index (χ1) is 15.5. The molecule has 0 fully saturated rings. The highest BCUT2D eigenvalue weighted by molar-refractivity contribution is 14.0. The first kappa shape index (κ1) is 26.7. The number of aromatic nitrogens is 2. The monoisotopic (exact) mass is 567 g/mol. The van der Waals surface area contributed by atoms with E-state index in [0.29, 0.717) is 31.4 Å². The molecule has 2 aromatic heterocycles. The molecular weight excluding hydrogens is 533 g/mol.